The highest BCUT2D eigenvalue weighted by Gasteiger charge is 2.28. The lowest BCUT2D eigenvalue weighted by molar-refractivity contribution is -0.384. The zero-order valence-electron chi connectivity index (χ0n) is 27.4. The minimum atomic E-state index is -0.515. The van der Waals surface area contributed by atoms with Crippen molar-refractivity contribution in [1.82, 2.24) is 14.9 Å². The highest BCUT2D eigenvalue weighted by Crippen LogP contribution is 2.36. The van der Waals surface area contributed by atoms with Crippen LogP contribution in [0.2, 0.25) is 10.0 Å². The van der Waals surface area contributed by atoms with E-state index in [1.54, 1.807) is 35.4 Å². The second-order valence-corrected chi connectivity index (χ2v) is 13.9. The average molecular weight is 700 g/mol. The Balaban J connectivity index is 1.17. The van der Waals surface area contributed by atoms with Crippen LogP contribution < -0.4 is 4.74 Å². The number of nitrogens with zero attached hydrogens (tertiary/aromatic N) is 3. The molecule has 1 saturated heterocycles. The summed E-state index contributed by atoms with van der Waals surface area (Å²) in [6.45, 7) is 6.80. The molecule has 9 nitrogen and oxygen atoms in total. The van der Waals surface area contributed by atoms with Crippen molar-refractivity contribution < 1.29 is 19.2 Å². The number of hydrogen-bond acceptors (Lipinski definition) is 6. The highest BCUT2D eigenvalue weighted by atomic mass is 35.5. The molecule has 1 aliphatic heterocycles. The summed E-state index contributed by atoms with van der Waals surface area (Å²) in [6.07, 6.45) is 2.95. The normalized spacial score (nSPS) is 14.3. The number of ether oxygens (including phenoxy) is 2. The fraction of sp³-hybridized carbons (Fsp3) is 0.263. The van der Waals surface area contributed by atoms with Gasteiger partial charge >= 0.3 is 6.09 Å². The van der Waals surface area contributed by atoms with Gasteiger partial charge in [-0.1, -0.05) is 71.7 Å². The lowest BCUT2D eigenvalue weighted by Crippen LogP contribution is -2.44. The molecule has 2 heterocycles. The Labute approximate surface area is 295 Å². The van der Waals surface area contributed by atoms with E-state index in [1.165, 1.54) is 12.1 Å². The maximum absolute atomic E-state index is 12.4. The third-order valence-electron chi connectivity index (χ3n) is 8.36. The molecule has 0 bridgehead atoms. The minimum absolute atomic E-state index is 0.0182. The molecule has 1 amide bonds. The largest absolute Gasteiger partial charge is 0.490 e. The molecule has 1 unspecified atom stereocenters. The van der Waals surface area contributed by atoms with Crippen LogP contribution in [0.5, 0.6) is 5.75 Å². The van der Waals surface area contributed by atoms with E-state index in [2.05, 4.69) is 17.1 Å². The SMILES string of the molecule is CC(C)(C)OC(=O)N1CCC(Oc2ccc(-c3ccc(C(c4ccc([N+](=O)[O-])cc4)c4ncc(-c5ccc(Cl)cc5Cl)[nH]4)cc3)cc2)CC1. The van der Waals surface area contributed by atoms with Crippen molar-refractivity contribution in [3.8, 4) is 28.1 Å². The van der Waals surface area contributed by atoms with Gasteiger partial charge in [0, 0.05) is 48.6 Å². The summed E-state index contributed by atoms with van der Waals surface area (Å²) in [6, 6.07) is 28.0. The smallest absolute Gasteiger partial charge is 0.410 e. The van der Waals surface area contributed by atoms with Crippen LogP contribution in [0.3, 0.4) is 0 Å². The topological polar surface area (TPSA) is 111 Å². The molecular weight excluding hydrogens is 663 g/mol. The Hall–Kier alpha value is -4.86. The summed E-state index contributed by atoms with van der Waals surface area (Å²) >= 11 is 12.6. The van der Waals surface area contributed by atoms with Gasteiger partial charge < -0.3 is 19.4 Å². The maximum Gasteiger partial charge on any atom is 0.410 e. The van der Waals surface area contributed by atoms with Crippen molar-refractivity contribution in [2.75, 3.05) is 13.1 Å². The summed E-state index contributed by atoms with van der Waals surface area (Å²) in [5.74, 6) is 1.12. The van der Waals surface area contributed by atoms with Gasteiger partial charge in [-0.2, -0.15) is 0 Å². The van der Waals surface area contributed by atoms with E-state index in [4.69, 9.17) is 37.7 Å². The van der Waals surface area contributed by atoms with Crippen LogP contribution in [0.4, 0.5) is 10.5 Å². The Morgan fingerprint density at radius 3 is 2.08 bits per heavy atom. The van der Waals surface area contributed by atoms with E-state index in [9.17, 15) is 14.9 Å². The van der Waals surface area contributed by atoms with Gasteiger partial charge in [-0.3, -0.25) is 10.1 Å². The number of benzene rings is 4. The number of piperidine rings is 1. The first kappa shape index (κ1) is 34.0. The van der Waals surface area contributed by atoms with Crippen molar-refractivity contribution in [2.24, 2.45) is 0 Å². The third kappa shape index (κ3) is 8.24. The number of nitrogens with one attached hydrogen (secondary N) is 1. The molecule has 1 aliphatic rings. The Morgan fingerprint density at radius 1 is 0.918 bits per heavy atom. The van der Waals surface area contributed by atoms with E-state index in [-0.39, 0.29) is 23.8 Å². The van der Waals surface area contributed by atoms with E-state index in [1.807, 2.05) is 63.2 Å². The van der Waals surface area contributed by atoms with Crippen molar-refractivity contribution in [1.29, 1.82) is 0 Å². The molecule has 0 spiro atoms. The van der Waals surface area contributed by atoms with E-state index >= 15 is 0 Å². The van der Waals surface area contributed by atoms with Gasteiger partial charge in [-0.25, -0.2) is 9.78 Å². The molecule has 0 saturated carbocycles. The predicted molar refractivity (Wildman–Crippen MR) is 191 cm³/mol. The van der Waals surface area contributed by atoms with Crippen LogP contribution in [0, 0.1) is 10.1 Å². The van der Waals surface area contributed by atoms with E-state index in [0.29, 0.717) is 29.0 Å². The van der Waals surface area contributed by atoms with Gasteiger partial charge in [0.05, 0.1) is 27.8 Å². The summed E-state index contributed by atoms with van der Waals surface area (Å²) in [5, 5.41) is 12.4. The van der Waals surface area contributed by atoms with Crippen molar-refractivity contribution >= 4 is 35.0 Å². The van der Waals surface area contributed by atoms with Gasteiger partial charge in [0.1, 0.15) is 23.3 Å². The van der Waals surface area contributed by atoms with Crippen molar-refractivity contribution in [3.63, 3.8) is 0 Å². The molecule has 49 heavy (non-hydrogen) atoms. The lowest BCUT2D eigenvalue weighted by Gasteiger charge is -2.33. The number of amides is 1. The molecule has 1 aromatic heterocycles. The number of carbonyl (C=O) groups excluding carboxylic acids is 1. The average Bonchev–Trinajstić information content (AvgIpc) is 3.54. The standard InChI is InChI=1S/C38H36Cl2N4O5/c1-38(2,3)49-37(45)43-20-18-31(19-21-43)48-30-15-10-25(11-16-30)24-4-6-26(7-5-24)35(27-8-13-29(14-9-27)44(46)47)36-41-23-34(42-36)32-17-12-28(39)22-33(32)40/h4-17,22-23,31,35H,18-21H2,1-3H3,(H,41,42). The number of aromatic nitrogens is 2. The number of rotatable bonds is 8. The molecule has 252 valence electrons. The van der Waals surface area contributed by atoms with Crippen molar-refractivity contribution in [3.05, 3.63) is 134 Å². The molecule has 4 aromatic carbocycles. The van der Waals surface area contributed by atoms with Crippen LogP contribution in [0.25, 0.3) is 22.4 Å². The van der Waals surface area contributed by atoms with Crippen LogP contribution in [-0.2, 0) is 4.74 Å². The second kappa shape index (κ2) is 14.3. The summed E-state index contributed by atoms with van der Waals surface area (Å²) in [5.41, 5.74) is 4.86. The van der Waals surface area contributed by atoms with E-state index < -0.39 is 10.5 Å². The first-order valence-corrected chi connectivity index (χ1v) is 16.8. The summed E-state index contributed by atoms with van der Waals surface area (Å²) in [7, 11) is 0. The van der Waals surface area contributed by atoms with Crippen LogP contribution in [0.1, 0.15) is 56.5 Å². The molecule has 11 heteroatoms. The quantitative estimate of drug-likeness (QED) is 0.128. The molecule has 0 aliphatic carbocycles. The van der Waals surface area contributed by atoms with Crippen molar-refractivity contribution in [2.45, 2.75) is 51.2 Å². The van der Waals surface area contributed by atoms with E-state index in [0.717, 1.165) is 52.1 Å². The molecule has 6 rings (SSSR count). The van der Waals surface area contributed by atoms with Gasteiger partial charge in [-0.15, -0.1) is 0 Å². The minimum Gasteiger partial charge on any atom is -0.490 e. The first-order valence-electron chi connectivity index (χ1n) is 16.0. The number of aromatic amines is 1. The van der Waals surface area contributed by atoms with Gasteiger partial charge in [0.2, 0.25) is 0 Å². The number of imidazole rings is 1. The van der Waals surface area contributed by atoms with Crippen LogP contribution >= 0.6 is 23.2 Å². The molecule has 1 N–H and O–H groups in total. The number of hydrogen-bond donors (Lipinski definition) is 1. The molecular formula is C38H36Cl2N4O5. The van der Waals surface area contributed by atoms with Gasteiger partial charge in [0.15, 0.2) is 0 Å². The second-order valence-electron chi connectivity index (χ2n) is 13.0. The van der Waals surface area contributed by atoms with Crippen LogP contribution in [-0.4, -0.2) is 50.7 Å². The molecule has 1 fully saturated rings. The Kier molecular flexibility index (Phi) is 9.94. The summed E-state index contributed by atoms with van der Waals surface area (Å²) in [4.78, 5) is 33.2. The predicted octanol–water partition coefficient (Wildman–Crippen LogP) is 9.92. The third-order valence-corrected chi connectivity index (χ3v) is 8.90. The number of nitro groups is 1. The molecule has 5 aromatic rings. The highest BCUT2D eigenvalue weighted by molar-refractivity contribution is 6.36. The number of non-ortho nitro benzene ring substituents is 1. The number of halogens is 2. The zero-order valence-corrected chi connectivity index (χ0v) is 28.9. The fourth-order valence-corrected chi connectivity index (χ4v) is 6.40. The first-order chi connectivity index (χ1) is 23.4. The Morgan fingerprint density at radius 2 is 1.51 bits per heavy atom. The molecule has 0 radical (unpaired) electrons. The number of H-pyrrole nitrogens is 1. The number of carbonyl (C=O) groups is 1. The van der Waals surface area contributed by atoms with Gasteiger partial charge in [-0.05, 0) is 73.4 Å². The van der Waals surface area contributed by atoms with Gasteiger partial charge in [0.25, 0.3) is 5.69 Å². The fourth-order valence-electron chi connectivity index (χ4n) is 5.89. The lowest BCUT2D eigenvalue weighted by atomic mass is 9.89. The maximum atomic E-state index is 12.4. The Bertz CT molecular complexity index is 1930. The zero-order chi connectivity index (χ0) is 34.7. The molecule has 1 atom stereocenters. The number of nitro benzene ring substituents is 1. The monoisotopic (exact) mass is 698 g/mol. The van der Waals surface area contributed by atoms with Crippen LogP contribution in [0.15, 0.2) is 97.2 Å². The summed E-state index contributed by atoms with van der Waals surface area (Å²) < 4.78 is 11.7. The number of likely N-dealkylation sites (tertiary alicyclic amines) is 1.